The smallest absolute Gasteiger partial charge is 0.387 e. The van der Waals surface area contributed by atoms with Crippen LogP contribution in [0.1, 0.15) is 6.23 Å². The number of nitrogens with zero attached hydrogens (tertiary/aromatic N) is 2. The topological polar surface area (TPSA) is 126 Å². The van der Waals surface area contributed by atoms with Crippen LogP contribution in [0.5, 0.6) is 0 Å². The van der Waals surface area contributed by atoms with Crippen molar-refractivity contribution in [3.05, 3.63) is 22.7 Å². The van der Waals surface area contributed by atoms with E-state index in [1.807, 2.05) is 0 Å². The van der Waals surface area contributed by atoms with Gasteiger partial charge in [0.2, 0.25) is 0 Å². The Morgan fingerprint density at radius 1 is 1.71 bits per heavy atom. The Balaban J connectivity index is 1.87. The van der Waals surface area contributed by atoms with Crippen LogP contribution in [0.15, 0.2) is 17.1 Å². The van der Waals surface area contributed by atoms with Crippen molar-refractivity contribution in [2.24, 2.45) is 0 Å². The first-order valence-electron chi connectivity index (χ1n) is 6.29. The first kappa shape index (κ1) is 14.6. The molecule has 5 atom stereocenters. The van der Waals surface area contributed by atoms with Crippen LogP contribution >= 0.6 is 8.03 Å². The van der Waals surface area contributed by atoms with Crippen molar-refractivity contribution in [3.8, 4) is 0 Å². The van der Waals surface area contributed by atoms with E-state index < -0.39 is 37.8 Å². The van der Waals surface area contributed by atoms with E-state index in [2.05, 4.69) is 4.98 Å². The summed E-state index contributed by atoms with van der Waals surface area (Å²) in [5, 5.41) is 10.3. The van der Waals surface area contributed by atoms with E-state index >= 15 is 0 Å². The van der Waals surface area contributed by atoms with E-state index in [0.717, 1.165) is 0 Å². The number of ether oxygens (including phenoxy) is 2. The highest BCUT2D eigenvalue weighted by Gasteiger charge is 2.63. The van der Waals surface area contributed by atoms with Gasteiger partial charge in [-0.2, -0.15) is 4.98 Å². The van der Waals surface area contributed by atoms with Gasteiger partial charge in [0.25, 0.3) is 0 Å². The zero-order chi connectivity index (χ0) is 15.2. The van der Waals surface area contributed by atoms with Crippen molar-refractivity contribution in [1.82, 2.24) is 9.55 Å². The third-order valence-corrected chi connectivity index (χ3v) is 4.12. The van der Waals surface area contributed by atoms with Gasteiger partial charge in [-0.1, -0.05) is 0 Å². The highest BCUT2D eigenvalue weighted by molar-refractivity contribution is 7.38. The fraction of sp³-hybridized carbons (Fsp3) is 0.636. The Hall–Kier alpha value is -1.38. The van der Waals surface area contributed by atoms with Crippen molar-refractivity contribution in [2.75, 3.05) is 25.6 Å². The quantitative estimate of drug-likeness (QED) is 0.694. The SMILES string of the molecule is C[P+](=O)OC[C@@]12CO[C@@H]([C@H](n3ccc(N)nc3=O)O1)[C@@H]2O. The molecule has 3 rings (SSSR count). The van der Waals surface area contributed by atoms with Crippen molar-refractivity contribution >= 4 is 13.8 Å². The lowest BCUT2D eigenvalue weighted by Crippen LogP contribution is -2.45. The molecule has 2 aliphatic heterocycles. The minimum atomic E-state index is -1.83. The molecular formula is C11H15N3O6P+. The summed E-state index contributed by atoms with van der Waals surface area (Å²) in [6.45, 7) is 1.44. The Bertz CT molecular complexity index is 637. The molecule has 2 aliphatic rings. The largest absolute Gasteiger partial charge is 0.504 e. The summed E-state index contributed by atoms with van der Waals surface area (Å²) in [4.78, 5) is 15.5. The van der Waals surface area contributed by atoms with E-state index in [1.165, 1.54) is 23.5 Å². The lowest BCUT2D eigenvalue weighted by atomic mass is 10.0. The van der Waals surface area contributed by atoms with Crippen LogP contribution in [0.25, 0.3) is 0 Å². The second kappa shape index (κ2) is 5.11. The molecule has 1 aromatic heterocycles. The molecule has 21 heavy (non-hydrogen) atoms. The second-order valence-electron chi connectivity index (χ2n) is 5.05. The molecule has 1 aromatic rings. The number of nitrogen functional groups attached to an aromatic ring is 1. The number of fused-ring (bicyclic) bond motifs is 2. The normalized spacial score (nSPS) is 35.1. The van der Waals surface area contributed by atoms with Gasteiger partial charge in [0.15, 0.2) is 18.5 Å². The van der Waals surface area contributed by atoms with Crippen molar-refractivity contribution in [1.29, 1.82) is 0 Å². The minimum absolute atomic E-state index is 0.0793. The van der Waals surface area contributed by atoms with Crippen LogP contribution in [0.3, 0.4) is 0 Å². The van der Waals surface area contributed by atoms with Crippen LogP contribution in [0.4, 0.5) is 5.82 Å². The molecule has 2 fully saturated rings. The summed E-state index contributed by atoms with van der Waals surface area (Å²) >= 11 is 0. The molecule has 10 heteroatoms. The molecule has 3 heterocycles. The summed E-state index contributed by atoms with van der Waals surface area (Å²) in [6, 6.07) is 1.45. The van der Waals surface area contributed by atoms with Crippen molar-refractivity contribution in [2.45, 2.75) is 24.0 Å². The molecule has 0 aliphatic carbocycles. The van der Waals surface area contributed by atoms with E-state index in [1.54, 1.807) is 0 Å². The Morgan fingerprint density at radius 2 is 2.48 bits per heavy atom. The maximum Gasteiger partial charge on any atom is 0.504 e. The van der Waals surface area contributed by atoms with Crippen LogP contribution in [-0.4, -0.2) is 52.3 Å². The van der Waals surface area contributed by atoms with Gasteiger partial charge in [-0.05, 0) is 10.6 Å². The molecule has 2 saturated heterocycles. The summed E-state index contributed by atoms with van der Waals surface area (Å²) in [5.41, 5.74) is 3.71. The molecule has 3 N–H and O–H groups in total. The third kappa shape index (κ3) is 2.37. The maximum atomic E-state index is 11.9. The molecule has 9 nitrogen and oxygen atoms in total. The zero-order valence-electron chi connectivity index (χ0n) is 11.2. The second-order valence-corrected chi connectivity index (χ2v) is 6.19. The third-order valence-electron chi connectivity index (χ3n) is 3.62. The number of nitrogens with two attached hydrogens (primary N) is 1. The maximum absolute atomic E-state index is 11.9. The summed E-state index contributed by atoms with van der Waals surface area (Å²) in [7, 11) is -1.83. The van der Waals surface area contributed by atoms with E-state index in [9.17, 15) is 14.5 Å². The van der Waals surface area contributed by atoms with Crippen molar-refractivity contribution in [3.63, 3.8) is 0 Å². The predicted molar refractivity (Wildman–Crippen MR) is 71.0 cm³/mol. The van der Waals surface area contributed by atoms with E-state index in [0.29, 0.717) is 0 Å². The van der Waals surface area contributed by atoms with Gasteiger partial charge in [-0.25, -0.2) is 4.79 Å². The molecule has 1 unspecified atom stereocenters. The number of aliphatic hydroxyl groups excluding tert-OH is 1. The monoisotopic (exact) mass is 316 g/mol. The van der Waals surface area contributed by atoms with Crippen LogP contribution in [0.2, 0.25) is 0 Å². The number of anilines is 1. The van der Waals surface area contributed by atoms with Crippen LogP contribution in [0, 0.1) is 0 Å². The van der Waals surface area contributed by atoms with Crippen molar-refractivity contribution < 1.29 is 23.7 Å². The number of hydrogen-bond acceptors (Lipinski definition) is 8. The molecule has 0 radical (unpaired) electrons. The van der Waals surface area contributed by atoms with Crippen LogP contribution in [-0.2, 0) is 18.6 Å². The van der Waals surface area contributed by atoms with Crippen LogP contribution < -0.4 is 11.4 Å². The molecule has 114 valence electrons. The fourth-order valence-corrected chi connectivity index (χ4v) is 2.96. The first-order valence-corrected chi connectivity index (χ1v) is 7.91. The number of aromatic nitrogens is 2. The fourth-order valence-electron chi connectivity index (χ4n) is 2.56. The number of hydrogen-bond donors (Lipinski definition) is 2. The van der Waals surface area contributed by atoms with Gasteiger partial charge in [0.1, 0.15) is 24.6 Å². The Labute approximate surface area is 120 Å². The lowest BCUT2D eigenvalue weighted by molar-refractivity contribution is -0.184. The summed E-state index contributed by atoms with van der Waals surface area (Å²) in [5.74, 6) is 0.0990. The predicted octanol–water partition coefficient (Wildman–Crippen LogP) is -0.758. The van der Waals surface area contributed by atoms with Gasteiger partial charge < -0.3 is 20.3 Å². The molecule has 0 aromatic carbocycles. The van der Waals surface area contributed by atoms with Gasteiger partial charge in [-0.3, -0.25) is 4.57 Å². The van der Waals surface area contributed by atoms with Gasteiger partial charge >= 0.3 is 13.7 Å². The van der Waals surface area contributed by atoms with Gasteiger partial charge in [0, 0.05) is 6.20 Å². The summed E-state index contributed by atoms with van der Waals surface area (Å²) < 4.78 is 28.6. The number of rotatable bonds is 4. The zero-order valence-corrected chi connectivity index (χ0v) is 12.1. The highest BCUT2D eigenvalue weighted by atomic mass is 31.1. The first-order chi connectivity index (χ1) is 9.93. The molecule has 2 bridgehead atoms. The minimum Gasteiger partial charge on any atom is -0.387 e. The Kier molecular flexibility index (Phi) is 3.54. The molecule has 0 saturated carbocycles. The van der Waals surface area contributed by atoms with Gasteiger partial charge in [-0.15, -0.1) is 4.52 Å². The molecular weight excluding hydrogens is 301 g/mol. The van der Waals surface area contributed by atoms with E-state index in [-0.39, 0.29) is 19.0 Å². The average molecular weight is 316 g/mol. The highest BCUT2D eigenvalue weighted by Crippen LogP contribution is 2.45. The standard InChI is InChI=1S/C11H14N3O6P/c1-21(17)19-5-11-4-18-7(8(11)15)9(20-11)14-3-2-6(12)13-10(14)16/h2-3,7-9,15H,4-5H2,1H3,(H-,12,13,16)/p+1/t7-,8+,9-,11-/m1/s1. The Morgan fingerprint density at radius 3 is 3.14 bits per heavy atom. The van der Waals surface area contributed by atoms with Gasteiger partial charge in [0.05, 0.1) is 6.61 Å². The average Bonchev–Trinajstić information content (AvgIpc) is 2.87. The van der Waals surface area contributed by atoms with E-state index in [4.69, 9.17) is 19.7 Å². The number of aliphatic hydroxyl groups is 1. The summed E-state index contributed by atoms with van der Waals surface area (Å²) in [6.07, 6.45) is -1.10. The molecule has 0 spiro atoms. The molecule has 0 amide bonds. The lowest BCUT2D eigenvalue weighted by Gasteiger charge is -2.29.